The fourth-order valence-electron chi connectivity index (χ4n) is 3.51. The molecule has 1 fully saturated rings. The second-order valence-corrected chi connectivity index (χ2v) is 7.58. The zero-order valence-corrected chi connectivity index (χ0v) is 15.5. The normalized spacial score (nSPS) is 24.0. The molecular formula is C18H27BrClN. The molecule has 0 spiro atoms. The Morgan fingerprint density at radius 1 is 1.24 bits per heavy atom. The van der Waals surface area contributed by atoms with Crippen LogP contribution in [-0.4, -0.2) is 6.54 Å². The van der Waals surface area contributed by atoms with Crippen molar-refractivity contribution in [3.05, 3.63) is 33.3 Å². The van der Waals surface area contributed by atoms with Crippen LogP contribution < -0.4 is 5.32 Å². The van der Waals surface area contributed by atoms with Crippen LogP contribution in [0, 0.1) is 11.8 Å². The van der Waals surface area contributed by atoms with Crippen molar-refractivity contribution < 1.29 is 0 Å². The molecule has 1 N–H and O–H groups in total. The SMILES string of the molecule is CCCNC(c1ccc(Cl)cc1Br)C1CCC(CC)CC1. The Morgan fingerprint density at radius 2 is 1.95 bits per heavy atom. The molecule has 1 saturated carbocycles. The monoisotopic (exact) mass is 371 g/mol. The predicted molar refractivity (Wildman–Crippen MR) is 95.9 cm³/mol. The largest absolute Gasteiger partial charge is 0.310 e. The molecule has 0 amide bonds. The molecule has 1 aromatic rings. The average molecular weight is 373 g/mol. The van der Waals surface area contributed by atoms with Crippen LogP contribution in [0.5, 0.6) is 0 Å². The van der Waals surface area contributed by atoms with Crippen LogP contribution in [-0.2, 0) is 0 Å². The Bertz CT molecular complexity index is 441. The van der Waals surface area contributed by atoms with Gasteiger partial charge in [0.25, 0.3) is 0 Å². The molecule has 0 aromatic heterocycles. The van der Waals surface area contributed by atoms with E-state index in [2.05, 4.69) is 41.2 Å². The number of hydrogen-bond acceptors (Lipinski definition) is 1. The van der Waals surface area contributed by atoms with Crippen LogP contribution in [0.4, 0.5) is 0 Å². The zero-order chi connectivity index (χ0) is 15.2. The number of nitrogens with one attached hydrogen (secondary N) is 1. The number of halogens is 2. The van der Waals surface area contributed by atoms with Crippen molar-refractivity contribution in [1.82, 2.24) is 5.32 Å². The average Bonchev–Trinajstić information content (AvgIpc) is 2.50. The lowest BCUT2D eigenvalue weighted by atomic mass is 9.76. The van der Waals surface area contributed by atoms with Crippen LogP contribution >= 0.6 is 27.5 Å². The lowest BCUT2D eigenvalue weighted by Crippen LogP contribution is -2.31. The molecule has 0 saturated heterocycles. The van der Waals surface area contributed by atoms with Crippen LogP contribution in [0.25, 0.3) is 0 Å². The van der Waals surface area contributed by atoms with E-state index < -0.39 is 0 Å². The standard InChI is InChI=1S/C18H27BrClN/c1-3-11-21-18(14-7-5-13(4-2)6-8-14)16-10-9-15(20)12-17(16)19/h9-10,12-14,18,21H,3-8,11H2,1-2H3. The highest BCUT2D eigenvalue weighted by Gasteiger charge is 2.28. The Kier molecular flexibility index (Phi) is 7.04. The Balaban J connectivity index is 2.14. The molecule has 1 aliphatic rings. The Morgan fingerprint density at radius 3 is 2.52 bits per heavy atom. The minimum absolute atomic E-state index is 0.453. The Hall–Kier alpha value is -0.0500. The van der Waals surface area contributed by atoms with E-state index in [0.717, 1.165) is 27.9 Å². The highest BCUT2D eigenvalue weighted by Crippen LogP contribution is 2.40. The van der Waals surface area contributed by atoms with Gasteiger partial charge < -0.3 is 5.32 Å². The first kappa shape index (κ1) is 17.3. The maximum absolute atomic E-state index is 6.10. The predicted octanol–water partition coefficient (Wildman–Crippen LogP) is 6.36. The minimum Gasteiger partial charge on any atom is -0.310 e. The van der Waals surface area contributed by atoms with Crippen molar-refractivity contribution in [2.24, 2.45) is 11.8 Å². The third-order valence-electron chi connectivity index (χ3n) is 4.85. The minimum atomic E-state index is 0.453. The van der Waals surface area contributed by atoms with Crippen molar-refractivity contribution in [2.45, 2.75) is 58.4 Å². The molecular weight excluding hydrogens is 346 g/mol. The molecule has 0 radical (unpaired) electrons. The third kappa shape index (κ3) is 4.71. The molecule has 3 heteroatoms. The summed E-state index contributed by atoms with van der Waals surface area (Å²) in [5.74, 6) is 1.69. The number of benzene rings is 1. The van der Waals surface area contributed by atoms with Gasteiger partial charge in [0.15, 0.2) is 0 Å². The van der Waals surface area contributed by atoms with Crippen molar-refractivity contribution in [2.75, 3.05) is 6.54 Å². The van der Waals surface area contributed by atoms with Gasteiger partial charge in [-0.2, -0.15) is 0 Å². The van der Waals surface area contributed by atoms with Gasteiger partial charge in [-0.15, -0.1) is 0 Å². The van der Waals surface area contributed by atoms with Crippen molar-refractivity contribution in [3.63, 3.8) is 0 Å². The van der Waals surface area contributed by atoms with Gasteiger partial charge in [-0.1, -0.05) is 66.7 Å². The van der Waals surface area contributed by atoms with Crippen molar-refractivity contribution in [1.29, 1.82) is 0 Å². The molecule has 118 valence electrons. The summed E-state index contributed by atoms with van der Waals surface area (Å²) in [6.07, 6.45) is 7.97. The van der Waals surface area contributed by atoms with Gasteiger partial charge in [0.1, 0.15) is 0 Å². The summed E-state index contributed by atoms with van der Waals surface area (Å²) in [7, 11) is 0. The van der Waals surface area contributed by atoms with Crippen LogP contribution in [0.15, 0.2) is 22.7 Å². The first-order chi connectivity index (χ1) is 10.2. The van der Waals surface area contributed by atoms with E-state index in [1.807, 2.05) is 12.1 Å². The van der Waals surface area contributed by atoms with Crippen LogP contribution in [0.1, 0.15) is 64.0 Å². The van der Waals surface area contributed by atoms with E-state index >= 15 is 0 Å². The van der Waals surface area contributed by atoms with E-state index in [1.54, 1.807) is 0 Å². The summed E-state index contributed by atoms with van der Waals surface area (Å²) in [4.78, 5) is 0. The molecule has 0 aliphatic heterocycles. The third-order valence-corrected chi connectivity index (χ3v) is 5.77. The highest BCUT2D eigenvalue weighted by atomic mass is 79.9. The summed E-state index contributed by atoms with van der Waals surface area (Å²) < 4.78 is 1.14. The molecule has 0 heterocycles. The van der Waals surface area contributed by atoms with Gasteiger partial charge in [-0.25, -0.2) is 0 Å². The van der Waals surface area contributed by atoms with E-state index in [-0.39, 0.29) is 0 Å². The van der Waals surface area contributed by atoms with Crippen LogP contribution in [0.2, 0.25) is 5.02 Å². The second-order valence-electron chi connectivity index (χ2n) is 6.29. The smallest absolute Gasteiger partial charge is 0.0417 e. The zero-order valence-electron chi connectivity index (χ0n) is 13.2. The fourth-order valence-corrected chi connectivity index (χ4v) is 4.44. The van der Waals surface area contributed by atoms with E-state index in [0.29, 0.717) is 6.04 Å². The molecule has 1 unspecified atom stereocenters. The summed E-state index contributed by atoms with van der Waals surface area (Å²) in [6.45, 7) is 5.63. The number of hydrogen-bond donors (Lipinski definition) is 1. The van der Waals surface area contributed by atoms with Crippen LogP contribution in [0.3, 0.4) is 0 Å². The first-order valence-electron chi connectivity index (χ1n) is 8.34. The lowest BCUT2D eigenvalue weighted by molar-refractivity contribution is 0.218. The topological polar surface area (TPSA) is 12.0 Å². The maximum atomic E-state index is 6.10. The molecule has 1 aromatic carbocycles. The highest BCUT2D eigenvalue weighted by molar-refractivity contribution is 9.10. The van der Waals surface area contributed by atoms with Gasteiger partial charge in [0.2, 0.25) is 0 Å². The van der Waals surface area contributed by atoms with Crippen molar-refractivity contribution >= 4 is 27.5 Å². The summed E-state index contributed by atoms with van der Waals surface area (Å²) >= 11 is 9.81. The Labute approximate surface area is 143 Å². The van der Waals surface area contributed by atoms with E-state index in [1.165, 1.54) is 44.1 Å². The van der Waals surface area contributed by atoms with Gasteiger partial charge in [-0.3, -0.25) is 0 Å². The molecule has 21 heavy (non-hydrogen) atoms. The molecule has 1 nitrogen and oxygen atoms in total. The molecule has 1 aliphatic carbocycles. The molecule has 1 atom stereocenters. The molecule has 0 bridgehead atoms. The maximum Gasteiger partial charge on any atom is 0.0417 e. The van der Waals surface area contributed by atoms with Gasteiger partial charge in [-0.05, 0) is 55.3 Å². The van der Waals surface area contributed by atoms with Gasteiger partial charge in [0, 0.05) is 15.5 Å². The second kappa shape index (κ2) is 8.55. The van der Waals surface area contributed by atoms with Gasteiger partial charge >= 0.3 is 0 Å². The summed E-state index contributed by atoms with van der Waals surface area (Å²) in [5.41, 5.74) is 1.37. The summed E-state index contributed by atoms with van der Waals surface area (Å²) in [6, 6.07) is 6.68. The lowest BCUT2D eigenvalue weighted by Gasteiger charge is -2.35. The van der Waals surface area contributed by atoms with E-state index in [4.69, 9.17) is 11.6 Å². The fraction of sp³-hybridized carbons (Fsp3) is 0.667. The quantitative estimate of drug-likeness (QED) is 0.612. The first-order valence-corrected chi connectivity index (χ1v) is 9.51. The summed E-state index contributed by atoms with van der Waals surface area (Å²) in [5, 5.41) is 4.58. The number of rotatable bonds is 6. The molecule has 2 rings (SSSR count). The van der Waals surface area contributed by atoms with Gasteiger partial charge in [0.05, 0.1) is 0 Å². The van der Waals surface area contributed by atoms with Crippen molar-refractivity contribution in [3.8, 4) is 0 Å². The van der Waals surface area contributed by atoms with E-state index in [9.17, 15) is 0 Å².